The minimum atomic E-state index is -5.26. The largest absolute Gasteiger partial charge is 0.478 e. The lowest BCUT2D eigenvalue weighted by molar-refractivity contribution is -0.142. The molecule has 1 fully saturated rings. The number of carbonyl (C=O) groups excluding carboxylic acids is 1. The average Bonchev–Trinajstić information content (AvgIpc) is 3.28. The van der Waals surface area contributed by atoms with Gasteiger partial charge < -0.3 is 15.2 Å². The van der Waals surface area contributed by atoms with Gasteiger partial charge in [-0.2, -0.15) is 13.2 Å². The zero-order valence-electron chi connectivity index (χ0n) is 12.8. The van der Waals surface area contributed by atoms with Crippen LogP contribution in [0.25, 0.3) is 0 Å². The molecule has 0 bridgehead atoms. The normalized spacial score (nSPS) is 14.5. The van der Waals surface area contributed by atoms with Gasteiger partial charge in [0.25, 0.3) is 6.43 Å². The number of carbonyl (C=O) groups is 2. The van der Waals surface area contributed by atoms with Gasteiger partial charge in [0.05, 0.1) is 12.3 Å². The van der Waals surface area contributed by atoms with E-state index in [9.17, 15) is 36.6 Å². The van der Waals surface area contributed by atoms with E-state index < -0.39 is 58.8 Å². The van der Waals surface area contributed by atoms with Crippen molar-refractivity contribution >= 4 is 17.6 Å². The summed E-state index contributed by atoms with van der Waals surface area (Å²) in [6.07, 6.45) is -7.85. The fourth-order valence-corrected chi connectivity index (χ4v) is 2.16. The highest BCUT2D eigenvalue weighted by molar-refractivity contribution is 6.05. The Morgan fingerprint density at radius 3 is 2.32 bits per heavy atom. The Kier molecular flexibility index (Phi) is 5.14. The molecule has 0 spiro atoms. The molecule has 1 saturated carbocycles. The molecular weight excluding hydrogens is 355 g/mol. The highest BCUT2D eigenvalue weighted by Gasteiger charge is 2.44. The van der Waals surface area contributed by atoms with Gasteiger partial charge in [-0.15, -0.1) is 0 Å². The second-order valence-electron chi connectivity index (χ2n) is 5.21. The number of alkyl halides is 5. The topological polar surface area (TPSA) is 88.5 Å². The van der Waals surface area contributed by atoms with Crippen LogP contribution in [0.4, 0.5) is 27.6 Å². The molecule has 1 aromatic heterocycles. The predicted octanol–water partition coefficient (Wildman–Crippen LogP) is 3.49. The molecule has 0 saturated heterocycles. The molecule has 1 aromatic rings. The van der Waals surface area contributed by atoms with Crippen LogP contribution < -0.4 is 5.32 Å². The van der Waals surface area contributed by atoms with Gasteiger partial charge in [0.2, 0.25) is 0 Å². The number of carboxylic acids is 1. The lowest BCUT2D eigenvalue weighted by Crippen LogP contribution is -2.25. The van der Waals surface area contributed by atoms with Gasteiger partial charge in [0.15, 0.2) is 5.69 Å². The maximum atomic E-state index is 13.3. The highest BCUT2D eigenvalue weighted by atomic mass is 19.4. The summed E-state index contributed by atoms with van der Waals surface area (Å²) in [5.41, 5.74) is -6.68. The number of anilines is 1. The standard InChI is InChI=1S/C14H13F5N2O4/c1-2-25-13(24)7-8(20-5-3-4-5)6(12(22)23)9(11(15)16)21-10(7)14(17,18)19/h5,11H,2-4H2,1H3,(H,20,21)(H,22,23). The summed E-state index contributed by atoms with van der Waals surface area (Å²) in [4.78, 5) is 26.2. The molecule has 6 nitrogen and oxygen atoms in total. The number of hydrogen-bond donors (Lipinski definition) is 2. The lowest BCUT2D eigenvalue weighted by Gasteiger charge is -2.20. The summed E-state index contributed by atoms with van der Waals surface area (Å²) < 4.78 is 70.6. The van der Waals surface area contributed by atoms with Crippen LogP contribution >= 0.6 is 0 Å². The summed E-state index contributed by atoms with van der Waals surface area (Å²) in [5.74, 6) is -3.42. The van der Waals surface area contributed by atoms with Gasteiger partial charge in [0.1, 0.15) is 16.8 Å². The van der Waals surface area contributed by atoms with Crippen LogP contribution in [0.2, 0.25) is 0 Å². The number of pyridine rings is 1. The minimum absolute atomic E-state index is 0.294. The summed E-state index contributed by atoms with van der Waals surface area (Å²) >= 11 is 0. The lowest BCUT2D eigenvalue weighted by atomic mass is 10.0. The van der Waals surface area contributed by atoms with E-state index in [4.69, 9.17) is 0 Å². The Bertz CT molecular complexity index is 701. The van der Waals surface area contributed by atoms with Crippen molar-refractivity contribution in [1.82, 2.24) is 4.98 Å². The number of nitrogens with zero attached hydrogens (tertiary/aromatic N) is 1. The number of aromatic nitrogens is 1. The molecule has 2 N–H and O–H groups in total. The summed E-state index contributed by atoms with van der Waals surface area (Å²) in [6, 6.07) is -0.416. The van der Waals surface area contributed by atoms with Crippen LogP contribution in [0.5, 0.6) is 0 Å². The van der Waals surface area contributed by atoms with Gasteiger partial charge in [-0.25, -0.2) is 23.4 Å². The number of aromatic carboxylic acids is 1. The van der Waals surface area contributed by atoms with Crippen LogP contribution in [0.1, 0.15) is 58.3 Å². The van der Waals surface area contributed by atoms with E-state index in [1.165, 1.54) is 6.92 Å². The smallest absolute Gasteiger partial charge is 0.434 e. The highest BCUT2D eigenvalue weighted by Crippen LogP contribution is 2.41. The van der Waals surface area contributed by atoms with Gasteiger partial charge in [-0.1, -0.05) is 0 Å². The molecule has 0 amide bonds. The van der Waals surface area contributed by atoms with Crippen molar-refractivity contribution < 1.29 is 41.4 Å². The van der Waals surface area contributed by atoms with Crippen LogP contribution in [-0.2, 0) is 10.9 Å². The Hall–Kier alpha value is -2.46. The maximum absolute atomic E-state index is 13.3. The van der Waals surface area contributed by atoms with Crippen molar-refractivity contribution in [3.05, 3.63) is 22.5 Å². The van der Waals surface area contributed by atoms with Crippen molar-refractivity contribution in [2.24, 2.45) is 0 Å². The van der Waals surface area contributed by atoms with E-state index in [2.05, 4.69) is 15.0 Å². The molecule has 1 aliphatic carbocycles. The molecule has 0 aromatic carbocycles. The van der Waals surface area contributed by atoms with Crippen molar-refractivity contribution in [3.8, 4) is 0 Å². The van der Waals surface area contributed by atoms with Crippen LogP contribution in [0.3, 0.4) is 0 Å². The third-order valence-corrected chi connectivity index (χ3v) is 3.32. The first-order valence-corrected chi connectivity index (χ1v) is 7.18. The monoisotopic (exact) mass is 368 g/mol. The third-order valence-electron chi connectivity index (χ3n) is 3.32. The summed E-state index contributed by atoms with van der Waals surface area (Å²) in [5, 5.41) is 11.6. The van der Waals surface area contributed by atoms with Crippen molar-refractivity contribution in [2.75, 3.05) is 11.9 Å². The SMILES string of the molecule is CCOC(=O)c1c(C(F)(F)F)nc(C(F)F)c(C(=O)O)c1NC1CC1. The molecule has 138 valence electrons. The number of halogens is 5. The fourth-order valence-electron chi connectivity index (χ4n) is 2.16. The Balaban J connectivity index is 2.85. The first kappa shape index (κ1) is 18.9. The number of esters is 1. The van der Waals surface area contributed by atoms with Crippen molar-refractivity contribution in [1.29, 1.82) is 0 Å². The summed E-state index contributed by atoms with van der Waals surface area (Å²) in [6.45, 7) is 1.04. The first-order chi connectivity index (χ1) is 11.6. The number of hydrogen-bond acceptors (Lipinski definition) is 5. The number of carboxylic acid groups (broad SMARTS) is 1. The molecule has 0 atom stereocenters. The van der Waals surface area contributed by atoms with E-state index in [-0.39, 0.29) is 6.61 Å². The van der Waals surface area contributed by atoms with E-state index in [0.717, 1.165) is 0 Å². The molecule has 0 aliphatic heterocycles. The maximum Gasteiger partial charge on any atom is 0.434 e. The van der Waals surface area contributed by atoms with Gasteiger partial charge >= 0.3 is 18.1 Å². The number of nitrogens with one attached hydrogen (secondary N) is 1. The zero-order valence-corrected chi connectivity index (χ0v) is 12.8. The second-order valence-corrected chi connectivity index (χ2v) is 5.21. The summed E-state index contributed by atoms with van der Waals surface area (Å²) in [7, 11) is 0. The average molecular weight is 368 g/mol. The van der Waals surface area contributed by atoms with E-state index in [1.807, 2.05) is 0 Å². The molecular formula is C14H13F5N2O4. The Labute approximate surface area is 138 Å². The van der Waals surface area contributed by atoms with E-state index >= 15 is 0 Å². The molecule has 25 heavy (non-hydrogen) atoms. The van der Waals surface area contributed by atoms with Crippen LogP contribution in [-0.4, -0.2) is 34.7 Å². The van der Waals surface area contributed by atoms with Gasteiger partial charge in [-0.05, 0) is 19.8 Å². The van der Waals surface area contributed by atoms with Gasteiger partial charge in [-0.3, -0.25) is 0 Å². The van der Waals surface area contributed by atoms with E-state index in [0.29, 0.717) is 12.8 Å². The molecule has 1 aliphatic rings. The van der Waals surface area contributed by atoms with Gasteiger partial charge in [0, 0.05) is 6.04 Å². The molecule has 0 unspecified atom stereocenters. The Morgan fingerprint density at radius 1 is 1.32 bits per heavy atom. The van der Waals surface area contributed by atoms with Crippen molar-refractivity contribution in [3.63, 3.8) is 0 Å². The fraction of sp³-hybridized carbons (Fsp3) is 0.500. The van der Waals surface area contributed by atoms with Crippen LogP contribution in [0, 0.1) is 0 Å². The minimum Gasteiger partial charge on any atom is -0.478 e. The molecule has 11 heteroatoms. The van der Waals surface area contributed by atoms with Crippen molar-refractivity contribution in [2.45, 2.75) is 38.4 Å². The van der Waals surface area contributed by atoms with Crippen LogP contribution in [0.15, 0.2) is 0 Å². The second kappa shape index (κ2) is 6.81. The quantitative estimate of drug-likeness (QED) is 0.590. The molecule has 2 rings (SSSR count). The predicted molar refractivity (Wildman–Crippen MR) is 73.8 cm³/mol. The number of rotatable bonds is 6. The first-order valence-electron chi connectivity index (χ1n) is 7.18. The number of ether oxygens (including phenoxy) is 1. The zero-order chi connectivity index (χ0) is 18.9. The molecule has 1 heterocycles. The third kappa shape index (κ3) is 3.97. The Morgan fingerprint density at radius 2 is 1.92 bits per heavy atom. The van der Waals surface area contributed by atoms with E-state index in [1.54, 1.807) is 0 Å². The molecule has 0 radical (unpaired) electrons.